The number of imidazole rings is 1. The number of aromatic nitrogens is 4. The summed E-state index contributed by atoms with van der Waals surface area (Å²) in [6, 6.07) is 16.5. The lowest BCUT2D eigenvalue weighted by Gasteiger charge is -2.44. The first-order valence-electron chi connectivity index (χ1n) is 11.2. The molecule has 3 heterocycles. The Kier molecular flexibility index (Phi) is 6.42. The molecule has 0 radical (unpaired) electrons. The zero-order chi connectivity index (χ0) is 24.0. The lowest BCUT2D eigenvalue weighted by atomic mass is 9.95. The van der Waals surface area contributed by atoms with Crippen molar-refractivity contribution in [3.63, 3.8) is 0 Å². The molecule has 4 aromatic rings. The van der Waals surface area contributed by atoms with Crippen molar-refractivity contribution in [2.75, 3.05) is 24.5 Å². The number of rotatable bonds is 4. The van der Waals surface area contributed by atoms with E-state index in [1.807, 2.05) is 42.8 Å². The number of hydrogen-bond donors (Lipinski definition) is 0. The van der Waals surface area contributed by atoms with Gasteiger partial charge in [0.2, 0.25) is 5.28 Å². The van der Waals surface area contributed by atoms with Crippen molar-refractivity contribution < 1.29 is 0 Å². The Morgan fingerprint density at radius 3 is 2.00 bits per heavy atom. The molecule has 2 aromatic carbocycles. The number of benzene rings is 2. The SMILES string of the molecule is Cc1nc2c(N3CCN(C(c4ccc(Cl)cc4)c4ccc(Cl)cc4)CC3C)nc(Cl)nc2n1C. The summed E-state index contributed by atoms with van der Waals surface area (Å²) in [5.41, 5.74) is 3.93. The minimum Gasteiger partial charge on any atom is -0.349 e. The van der Waals surface area contributed by atoms with Crippen LogP contribution in [-0.2, 0) is 7.05 Å². The van der Waals surface area contributed by atoms with Gasteiger partial charge in [0.1, 0.15) is 5.82 Å². The maximum atomic E-state index is 6.31. The van der Waals surface area contributed by atoms with Crippen LogP contribution >= 0.6 is 34.8 Å². The predicted molar refractivity (Wildman–Crippen MR) is 139 cm³/mol. The van der Waals surface area contributed by atoms with Gasteiger partial charge in [0.05, 0.1) is 6.04 Å². The normalized spacial score (nSPS) is 17.1. The molecule has 1 unspecified atom stereocenters. The van der Waals surface area contributed by atoms with Crippen molar-refractivity contribution in [1.82, 2.24) is 24.4 Å². The lowest BCUT2D eigenvalue weighted by Crippen LogP contribution is -2.53. The molecule has 2 aromatic heterocycles. The minimum absolute atomic E-state index is 0.0882. The summed E-state index contributed by atoms with van der Waals surface area (Å²) in [7, 11) is 1.95. The molecule has 5 rings (SSSR count). The van der Waals surface area contributed by atoms with Crippen LogP contribution in [0.15, 0.2) is 48.5 Å². The third kappa shape index (κ3) is 4.36. The zero-order valence-corrected chi connectivity index (χ0v) is 21.5. The number of anilines is 1. The van der Waals surface area contributed by atoms with Crippen LogP contribution < -0.4 is 4.90 Å². The van der Waals surface area contributed by atoms with Gasteiger partial charge in [-0.3, -0.25) is 4.90 Å². The largest absolute Gasteiger partial charge is 0.349 e. The molecule has 0 saturated carbocycles. The summed E-state index contributed by atoms with van der Waals surface area (Å²) in [5.74, 6) is 1.67. The van der Waals surface area contributed by atoms with Gasteiger partial charge in [0.25, 0.3) is 0 Å². The second kappa shape index (κ2) is 9.34. The van der Waals surface area contributed by atoms with Crippen molar-refractivity contribution in [2.45, 2.75) is 25.9 Å². The van der Waals surface area contributed by atoms with E-state index in [1.165, 1.54) is 11.1 Å². The second-order valence-electron chi connectivity index (χ2n) is 8.75. The molecule has 1 atom stereocenters. The molecule has 1 aliphatic heterocycles. The number of piperazine rings is 1. The van der Waals surface area contributed by atoms with Crippen LogP contribution in [0.25, 0.3) is 11.2 Å². The van der Waals surface area contributed by atoms with E-state index in [0.29, 0.717) is 0 Å². The summed E-state index contributed by atoms with van der Waals surface area (Å²) in [6.45, 7) is 6.64. The molecular formula is C25H25Cl3N6. The first-order valence-corrected chi connectivity index (χ1v) is 12.3. The third-order valence-corrected chi connectivity index (χ3v) is 7.24. The van der Waals surface area contributed by atoms with Gasteiger partial charge in [-0.1, -0.05) is 47.5 Å². The highest BCUT2D eigenvalue weighted by Crippen LogP contribution is 2.34. The number of fused-ring (bicyclic) bond motifs is 1. The van der Waals surface area contributed by atoms with E-state index >= 15 is 0 Å². The average Bonchev–Trinajstić information content (AvgIpc) is 3.10. The Morgan fingerprint density at radius 2 is 1.44 bits per heavy atom. The Morgan fingerprint density at radius 1 is 0.853 bits per heavy atom. The van der Waals surface area contributed by atoms with Crippen LogP contribution in [0.2, 0.25) is 15.3 Å². The van der Waals surface area contributed by atoms with Gasteiger partial charge >= 0.3 is 0 Å². The van der Waals surface area contributed by atoms with E-state index in [9.17, 15) is 0 Å². The van der Waals surface area contributed by atoms with Gasteiger partial charge in [-0.25, -0.2) is 4.98 Å². The van der Waals surface area contributed by atoms with E-state index in [4.69, 9.17) is 39.8 Å². The van der Waals surface area contributed by atoms with Crippen molar-refractivity contribution in [3.05, 3.63) is 80.8 Å². The molecule has 0 bridgehead atoms. The Hall–Kier alpha value is -2.38. The highest BCUT2D eigenvalue weighted by molar-refractivity contribution is 6.30. The molecule has 0 amide bonds. The van der Waals surface area contributed by atoms with Crippen LogP contribution in [0.1, 0.15) is 29.9 Å². The summed E-state index contributed by atoms with van der Waals surface area (Å²) in [6.07, 6.45) is 0. The monoisotopic (exact) mass is 514 g/mol. The highest BCUT2D eigenvalue weighted by Gasteiger charge is 2.32. The summed E-state index contributed by atoms with van der Waals surface area (Å²) in [5, 5.41) is 1.69. The molecule has 34 heavy (non-hydrogen) atoms. The predicted octanol–water partition coefficient (Wildman–Crippen LogP) is 5.93. The van der Waals surface area contributed by atoms with Crippen LogP contribution in [-0.4, -0.2) is 50.1 Å². The van der Waals surface area contributed by atoms with Gasteiger partial charge in [-0.05, 0) is 60.8 Å². The van der Waals surface area contributed by atoms with Crippen molar-refractivity contribution in [2.24, 2.45) is 7.05 Å². The molecule has 176 valence electrons. The zero-order valence-electron chi connectivity index (χ0n) is 19.2. The number of nitrogens with zero attached hydrogens (tertiary/aromatic N) is 6. The number of halogens is 3. The van der Waals surface area contributed by atoms with E-state index in [0.717, 1.165) is 52.5 Å². The lowest BCUT2D eigenvalue weighted by molar-refractivity contribution is 0.187. The van der Waals surface area contributed by atoms with Crippen molar-refractivity contribution in [3.8, 4) is 0 Å². The average molecular weight is 516 g/mol. The maximum absolute atomic E-state index is 6.31. The van der Waals surface area contributed by atoms with Gasteiger partial charge in [-0.2, -0.15) is 9.97 Å². The van der Waals surface area contributed by atoms with E-state index < -0.39 is 0 Å². The first kappa shape index (κ1) is 23.4. The highest BCUT2D eigenvalue weighted by atomic mass is 35.5. The Labute approximate surface area is 214 Å². The van der Waals surface area contributed by atoms with Gasteiger partial charge in [0, 0.05) is 42.8 Å². The third-order valence-electron chi connectivity index (χ3n) is 6.56. The van der Waals surface area contributed by atoms with Crippen LogP contribution in [0.4, 0.5) is 5.82 Å². The fourth-order valence-electron chi connectivity index (χ4n) is 4.77. The summed E-state index contributed by atoms with van der Waals surface area (Å²) >= 11 is 18.7. The topological polar surface area (TPSA) is 50.1 Å². The first-order chi connectivity index (χ1) is 16.3. The molecule has 0 spiro atoms. The fourth-order valence-corrected chi connectivity index (χ4v) is 5.18. The van der Waals surface area contributed by atoms with E-state index in [2.05, 4.69) is 51.0 Å². The quantitative estimate of drug-likeness (QED) is 0.315. The standard InChI is InChI=1S/C25H25Cl3N6/c1-15-14-33(22(17-4-8-19(26)9-5-17)18-6-10-20(27)11-7-18)12-13-34(15)24-21-23(30-25(28)31-24)32(3)16(2)29-21/h4-11,15,22H,12-14H2,1-3H3. The molecule has 0 N–H and O–H groups in total. The summed E-state index contributed by atoms with van der Waals surface area (Å²) < 4.78 is 1.95. The molecule has 9 heteroatoms. The van der Waals surface area contributed by atoms with Gasteiger partial charge in [-0.15, -0.1) is 0 Å². The molecule has 1 aliphatic rings. The van der Waals surface area contributed by atoms with Crippen LogP contribution in [0.3, 0.4) is 0 Å². The van der Waals surface area contributed by atoms with Crippen LogP contribution in [0.5, 0.6) is 0 Å². The fraction of sp³-hybridized carbons (Fsp3) is 0.320. The van der Waals surface area contributed by atoms with Crippen molar-refractivity contribution >= 4 is 51.8 Å². The van der Waals surface area contributed by atoms with E-state index in [-0.39, 0.29) is 17.4 Å². The Balaban J connectivity index is 1.48. The Bertz CT molecular complexity index is 1270. The maximum Gasteiger partial charge on any atom is 0.226 e. The molecular weight excluding hydrogens is 491 g/mol. The van der Waals surface area contributed by atoms with Crippen LogP contribution in [0, 0.1) is 6.92 Å². The van der Waals surface area contributed by atoms with Crippen molar-refractivity contribution in [1.29, 1.82) is 0 Å². The molecule has 0 aliphatic carbocycles. The second-order valence-corrected chi connectivity index (χ2v) is 9.96. The summed E-state index contributed by atoms with van der Waals surface area (Å²) in [4.78, 5) is 18.5. The van der Waals surface area contributed by atoms with Gasteiger partial charge in [0.15, 0.2) is 17.0 Å². The molecule has 1 saturated heterocycles. The smallest absolute Gasteiger partial charge is 0.226 e. The number of hydrogen-bond acceptors (Lipinski definition) is 5. The number of aryl methyl sites for hydroxylation is 2. The molecule has 1 fully saturated rings. The van der Waals surface area contributed by atoms with Gasteiger partial charge < -0.3 is 9.47 Å². The van der Waals surface area contributed by atoms with E-state index in [1.54, 1.807) is 0 Å². The minimum atomic E-state index is 0.0882. The molecule has 6 nitrogen and oxygen atoms in total.